The Morgan fingerprint density at radius 2 is 2.20 bits per heavy atom. The maximum absolute atomic E-state index is 12.4. The van der Waals surface area contributed by atoms with Gasteiger partial charge in [-0.25, -0.2) is 0 Å². The molecule has 1 aromatic rings. The lowest BCUT2D eigenvalue weighted by atomic mass is 10.1. The second-order valence-corrected chi connectivity index (χ2v) is 3.67. The van der Waals surface area contributed by atoms with Gasteiger partial charge in [0, 0.05) is 12.7 Å². The summed E-state index contributed by atoms with van der Waals surface area (Å²) < 4.78 is 38.2. The maximum atomic E-state index is 12.4. The standard InChI is InChI=1S/C8H11ClF3N3/c1-5-7(9)4-15(14-5)3-6(2-13)8(10,11)12/h4,6H,2-3,13H2,1H3. The minimum Gasteiger partial charge on any atom is -0.330 e. The molecular formula is C8H11ClF3N3. The van der Waals surface area contributed by atoms with E-state index in [1.54, 1.807) is 6.92 Å². The zero-order valence-electron chi connectivity index (χ0n) is 8.05. The van der Waals surface area contributed by atoms with Gasteiger partial charge in [0.15, 0.2) is 0 Å². The minimum absolute atomic E-state index is 0.298. The molecule has 7 heteroatoms. The van der Waals surface area contributed by atoms with E-state index in [1.807, 2.05) is 0 Å². The summed E-state index contributed by atoms with van der Waals surface area (Å²) in [6, 6.07) is 0. The fraction of sp³-hybridized carbons (Fsp3) is 0.625. The first-order valence-electron chi connectivity index (χ1n) is 4.31. The third-order valence-electron chi connectivity index (χ3n) is 2.04. The van der Waals surface area contributed by atoms with Crippen LogP contribution < -0.4 is 5.73 Å². The molecule has 1 unspecified atom stereocenters. The summed E-state index contributed by atoms with van der Waals surface area (Å²) in [7, 11) is 0. The molecule has 15 heavy (non-hydrogen) atoms. The normalized spacial score (nSPS) is 14.3. The van der Waals surface area contributed by atoms with Crippen LogP contribution in [0, 0.1) is 12.8 Å². The molecule has 1 heterocycles. The van der Waals surface area contributed by atoms with Crippen molar-refractivity contribution in [1.29, 1.82) is 0 Å². The highest BCUT2D eigenvalue weighted by Crippen LogP contribution is 2.27. The quantitative estimate of drug-likeness (QED) is 0.880. The van der Waals surface area contributed by atoms with E-state index in [0.29, 0.717) is 10.7 Å². The minimum atomic E-state index is -4.30. The number of halogens is 4. The Hall–Kier alpha value is -0.750. The fourth-order valence-electron chi connectivity index (χ4n) is 1.12. The van der Waals surface area contributed by atoms with Crippen molar-refractivity contribution >= 4 is 11.6 Å². The van der Waals surface area contributed by atoms with Crippen LogP contribution in [-0.4, -0.2) is 22.5 Å². The highest BCUT2D eigenvalue weighted by atomic mass is 35.5. The van der Waals surface area contributed by atoms with E-state index in [9.17, 15) is 13.2 Å². The van der Waals surface area contributed by atoms with E-state index in [-0.39, 0.29) is 6.54 Å². The van der Waals surface area contributed by atoms with Crippen LogP contribution in [0.4, 0.5) is 13.2 Å². The van der Waals surface area contributed by atoms with E-state index >= 15 is 0 Å². The molecule has 0 radical (unpaired) electrons. The summed E-state index contributed by atoms with van der Waals surface area (Å²) in [5, 5.41) is 4.20. The largest absolute Gasteiger partial charge is 0.394 e. The number of aryl methyl sites for hydroxylation is 1. The Labute approximate surface area is 90.0 Å². The number of hydrogen-bond acceptors (Lipinski definition) is 2. The van der Waals surface area contributed by atoms with Crippen molar-refractivity contribution in [1.82, 2.24) is 9.78 Å². The van der Waals surface area contributed by atoms with Crippen LogP contribution >= 0.6 is 11.6 Å². The second kappa shape index (κ2) is 4.40. The molecule has 0 aromatic carbocycles. The van der Waals surface area contributed by atoms with Crippen LogP contribution in [0.15, 0.2) is 6.20 Å². The number of rotatable bonds is 3. The SMILES string of the molecule is Cc1nn(CC(CN)C(F)(F)F)cc1Cl. The second-order valence-electron chi connectivity index (χ2n) is 3.26. The highest BCUT2D eigenvalue weighted by Gasteiger charge is 2.38. The fourth-order valence-corrected chi connectivity index (χ4v) is 1.28. The molecule has 0 aliphatic rings. The zero-order chi connectivity index (χ0) is 11.6. The van der Waals surface area contributed by atoms with Crippen LogP contribution in [0.5, 0.6) is 0 Å². The summed E-state index contributed by atoms with van der Waals surface area (Å²) in [5.41, 5.74) is 5.57. The molecule has 0 aliphatic heterocycles. The first-order chi connectivity index (χ1) is 6.84. The molecule has 0 saturated heterocycles. The first-order valence-corrected chi connectivity index (χ1v) is 4.68. The number of nitrogens with zero attached hydrogens (tertiary/aromatic N) is 2. The van der Waals surface area contributed by atoms with Gasteiger partial charge in [-0.1, -0.05) is 11.6 Å². The van der Waals surface area contributed by atoms with Gasteiger partial charge in [0.2, 0.25) is 0 Å². The predicted molar refractivity (Wildman–Crippen MR) is 50.6 cm³/mol. The smallest absolute Gasteiger partial charge is 0.330 e. The Kier molecular flexibility index (Phi) is 3.62. The van der Waals surface area contributed by atoms with Crippen molar-refractivity contribution in [2.75, 3.05) is 6.54 Å². The number of nitrogens with two attached hydrogens (primary N) is 1. The first kappa shape index (κ1) is 12.3. The molecule has 0 amide bonds. The topological polar surface area (TPSA) is 43.8 Å². The Balaban J connectivity index is 2.75. The summed E-state index contributed by atoms with van der Waals surface area (Å²) >= 11 is 5.67. The van der Waals surface area contributed by atoms with E-state index in [4.69, 9.17) is 17.3 Å². The van der Waals surface area contributed by atoms with Crippen molar-refractivity contribution in [3.05, 3.63) is 16.9 Å². The van der Waals surface area contributed by atoms with Gasteiger partial charge in [-0.3, -0.25) is 4.68 Å². The van der Waals surface area contributed by atoms with Gasteiger partial charge < -0.3 is 5.73 Å². The summed E-state index contributed by atoms with van der Waals surface area (Å²) in [6.07, 6.45) is -2.94. The van der Waals surface area contributed by atoms with Crippen LogP contribution in [0.2, 0.25) is 5.02 Å². The summed E-state index contributed by atoms with van der Waals surface area (Å²) in [4.78, 5) is 0. The van der Waals surface area contributed by atoms with Crippen molar-refractivity contribution in [2.24, 2.45) is 11.7 Å². The van der Waals surface area contributed by atoms with Crippen LogP contribution in [0.25, 0.3) is 0 Å². The van der Waals surface area contributed by atoms with E-state index in [2.05, 4.69) is 5.10 Å². The molecule has 86 valence electrons. The third kappa shape index (κ3) is 3.10. The van der Waals surface area contributed by atoms with Gasteiger partial charge >= 0.3 is 6.18 Å². The maximum Gasteiger partial charge on any atom is 0.394 e. The molecular weight excluding hydrogens is 231 g/mol. The molecule has 0 spiro atoms. The van der Waals surface area contributed by atoms with Crippen molar-refractivity contribution < 1.29 is 13.2 Å². The zero-order valence-corrected chi connectivity index (χ0v) is 8.81. The van der Waals surface area contributed by atoms with E-state index < -0.39 is 18.6 Å². The highest BCUT2D eigenvalue weighted by molar-refractivity contribution is 6.31. The van der Waals surface area contributed by atoms with Crippen LogP contribution in [0.1, 0.15) is 5.69 Å². The molecule has 2 N–H and O–H groups in total. The van der Waals surface area contributed by atoms with Crippen molar-refractivity contribution in [3.8, 4) is 0 Å². The molecule has 1 atom stereocenters. The monoisotopic (exact) mass is 241 g/mol. The lowest BCUT2D eigenvalue weighted by Crippen LogP contribution is -2.34. The van der Waals surface area contributed by atoms with Crippen LogP contribution in [0.3, 0.4) is 0 Å². The van der Waals surface area contributed by atoms with Gasteiger partial charge in [-0.15, -0.1) is 0 Å². The molecule has 1 rings (SSSR count). The molecule has 3 nitrogen and oxygen atoms in total. The summed E-state index contributed by atoms with van der Waals surface area (Å²) in [5.74, 6) is -1.59. The Morgan fingerprint density at radius 1 is 1.60 bits per heavy atom. The average Bonchev–Trinajstić information content (AvgIpc) is 2.40. The number of alkyl halides is 3. The van der Waals surface area contributed by atoms with Crippen LogP contribution in [-0.2, 0) is 6.54 Å². The number of hydrogen-bond donors (Lipinski definition) is 1. The van der Waals surface area contributed by atoms with Gasteiger partial charge in [-0.2, -0.15) is 18.3 Å². The lowest BCUT2D eigenvalue weighted by molar-refractivity contribution is -0.175. The van der Waals surface area contributed by atoms with Crippen molar-refractivity contribution in [3.63, 3.8) is 0 Å². The van der Waals surface area contributed by atoms with Gasteiger partial charge in [-0.05, 0) is 6.92 Å². The lowest BCUT2D eigenvalue weighted by Gasteiger charge is -2.17. The molecule has 1 aromatic heterocycles. The summed E-state index contributed by atoms with van der Waals surface area (Å²) in [6.45, 7) is 0.872. The molecule has 0 bridgehead atoms. The Bertz CT molecular complexity index is 315. The van der Waals surface area contributed by atoms with E-state index in [0.717, 1.165) is 0 Å². The third-order valence-corrected chi connectivity index (χ3v) is 2.41. The van der Waals surface area contributed by atoms with E-state index in [1.165, 1.54) is 10.9 Å². The van der Waals surface area contributed by atoms with Crippen molar-refractivity contribution in [2.45, 2.75) is 19.6 Å². The molecule has 0 aliphatic carbocycles. The Morgan fingerprint density at radius 3 is 2.53 bits per heavy atom. The van der Waals surface area contributed by atoms with Gasteiger partial charge in [0.05, 0.1) is 23.2 Å². The predicted octanol–water partition coefficient (Wildman–Crippen LogP) is 1.98. The molecule has 0 saturated carbocycles. The van der Waals surface area contributed by atoms with Gasteiger partial charge in [0.25, 0.3) is 0 Å². The number of aromatic nitrogens is 2. The van der Waals surface area contributed by atoms with Gasteiger partial charge in [0.1, 0.15) is 0 Å². The average molecular weight is 242 g/mol. The molecule has 0 fully saturated rings.